The highest BCUT2D eigenvalue weighted by molar-refractivity contribution is 7.89. The third kappa shape index (κ3) is 2.62. The van der Waals surface area contributed by atoms with Gasteiger partial charge in [0.05, 0.1) is 23.6 Å². The van der Waals surface area contributed by atoms with E-state index in [4.69, 9.17) is 10.2 Å². The number of aliphatic hydroxyl groups excluding tert-OH is 2. The lowest BCUT2D eigenvalue weighted by Gasteiger charge is -2.28. The third-order valence-corrected chi connectivity index (χ3v) is 4.09. The van der Waals surface area contributed by atoms with Gasteiger partial charge in [0.1, 0.15) is 0 Å². The summed E-state index contributed by atoms with van der Waals surface area (Å²) < 4.78 is 26.0. The second-order valence-electron chi connectivity index (χ2n) is 3.60. The predicted molar refractivity (Wildman–Crippen MR) is 58.3 cm³/mol. The van der Waals surface area contributed by atoms with Crippen LogP contribution in [0.2, 0.25) is 0 Å². The quantitative estimate of drug-likeness (QED) is 0.541. The van der Waals surface area contributed by atoms with Crippen molar-refractivity contribution in [2.45, 2.75) is 23.8 Å². The van der Waals surface area contributed by atoms with Gasteiger partial charge in [-0.1, -0.05) is 6.92 Å². The first-order chi connectivity index (χ1) is 7.49. The Kier molecular flexibility index (Phi) is 4.09. The van der Waals surface area contributed by atoms with Crippen molar-refractivity contribution in [3.8, 4) is 0 Å². The Balaban J connectivity index is 2.96. The van der Waals surface area contributed by atoms with Gasteiger partial charge in [-0.05, 0) is 12.5 Å². The lowest BCUT2D eigenvalue weighted by atomic mass is 10.0. The van der Waals surface area contributed by atoms with Crippen LogP contribution in [0, 0.1) is 0 Å². The Labute approximate surface area is 94.4 Å². The lowest BCUT2D eigenvalue weighted by Crippen LogP contribution is -2.53. The molecule has 0 radical (unpaired) electrons. The first-order valence-corrected chi connectivity index (χ1v) is 6.36. The number of H-pyrrole nitrogens is 1. The Hall–Kier alpha value is -0.890. The van der Waals surface area contributed by atoms with Gasteiger partial charge in [-0.2, -0.15) is 0 Å². The Bertz CT molecular complexity index is 400. The van der Waals surface area contributed by atoms with E-state index in [-0.39, 0.29) is 4.90 Å². The summed E-state index contributed by atoms with van der Waals surface area (Å²) in [4.78, 5) is 2.71. The molecule has 0 aromatic carbocycles. The van der Waals surface area contributed by atoms with Crippen LogP contribution in [0.15, 0.2) is 23.4 Å². The van der Waals surface area contributed by atoms with E-state index in [0.717, 1.165) is 0 Å². The minimum absolute atomic E-state index is 0.0761. The molecule has 1 heterocycles. The summed E-state index contributed by atoms with van der Waals surface area (Å²) in [7, 11) is -3.71. The smallest absolute Gasteiger partial charge is 0.242 e. The zero-order chi connectivity index (χ0) is 12.2. The van der Waals surface area contributed by atoms with Gasteiger partial charge in [-0.3, -0.25) is 0 Å². The second-order valence-corrected chi connectivity index (χ2v) is 5.28. The molecule has 0 unspecified atom stereocenters. The Morgan fingerprint density at radius 3 is 2.44 bits per heavy atom. The van der Waals surface area contributed by atoms with Crippen LogP contribution in [-0.2, 0) is 10.0 Å². The summed E-state index contributed by atoms with van der Waals surface area (Å²) >= 11 is 0. The van der Waals surface area contributed by atoms with E-state index in [1.807, 2.05) is 0 Å². The Morgan fingerprint density at radius 1 is 1.44 bits per heavy atom. The largest absolute Gasteiger partial charge is 0.394 e. The van der Waals surface area contributed by atoms with Gasteiger partial charge in [0.15, 0.2) is 0 Å². The van der Waals surface area contributed by atoms with Gasteiger partial charge in [-0.15, -0.1) is 0 Å². The molecule has 0 aliphatic heterocycles. The highest BCUT2D eigenvalue weighted by Gasteiger charge is 2.32. The van der Waals surface area contributed by atoms with Crippen LogP contribution in [0.5, 0.6) is 0 Å². The fourth-order valence-electron chi connectivity index (χ4n) is 1.23. The minimum Gasteiger partial charge on any atom is -0.394 e. The molecule has 0 saturated carbocycles. The molecule has 0 amide bonds. The lowest BCUT2D eigenvalue weighted by molar-refractivity contribution is 0.105. The molecule has 0 atom stereocenters. The molecule has 0 aliphatic rings. The van der Waals surface area contributed by atoms with E-state index in [1.165, 1.54) is 18.5 Å². The van der Waals surface area contributed by atoms with E-state index in [1.54, 1.807) is 6.92 Å². The maximum atomic E-state index is 11.8. The number of aromatic nitrogens is 1. The normalized spacial score (nSPS) is 12.9. The van der Waals surface area contributed by atoms with Gasteiger partial charge in [0.25, 0.3) is 0 Å². The van der Waals surface area contributed by atoms with Crippen LogP contribution in [-0.4, -0.2) is 42.4 Å². The van der Waals surface area contributed by atoms with E-state index >= 15 is 0 Å². The van der Waals surface area contributed by atoms with Crippen molar-refractivity contribution in [3.05, 3.63) is 18.5 Å². The van der Waals surface area contributed by atoms with Gasteiger partial charge in [0.2, 0.25) is 10.0 Å². The van der Waals surface area contributed by atoms with Crippen LogP contribution in [0.25, 0.3) is 0 Å². The predicted octanol–water partition coefficient (Wildman–Crippen LogP) is -0.574. The second kappa shape index (κ2) is 4.96. The molecule has 0 aliphatic carbocycles. The number of aromatic amines is 1. The van der Waals surface area contributed by atoms with Crippen LogP contribution in [0.1, 0.15) is 13.3 Å². The zero-order valence-electron chi connectivity index (χ0n) is 8.97. The molecule has 6 nitrogen and oxygen atoms in total. The highest BCUT2D eigenvalue weighted by Crippen LogP contribution is 2.15. The van der Waals surface area contributed by atoms with Crippen molar-refractivity contribution in [3.63, 3.8) is 0 Å². The van der Waals surface area contributed by atoms with Gasteiger partial charge >= 0.3 is 0 Å². The molecular weight excluding hydrogens is 232 g/mol. The van der Waals surface area contributed by atoms with Crippen LogP contribution in [0.3, 0.4) is 0 Å². The third-order valence-electron chi connectivity index (χ3n) is 2.51. The van der Waals surface area contributed by atoms with Crippen molar-refractivity contribution in [2.75, 3.05) is 13.2 Å². The number of hydrogen-bond donors (Lipinski definition) is 4. The van der Waals surface area contributed by atoms with Crippen molar-refractivity contribution in [2.24, 2.45) is 0 Å². The van der Waals surface area contributed by atoms with E-state index in [2.05, 4.69) is 9.71 Å². The molecule has 4 N–H and O–H groups in total. The first kappa shape index (κ1) is 13.2. The maximum Gasteiger partial charge on any atom is 0.242 e. The van der Waals surface area contributed by atoms with Crippen LogP contribution < -0.4 is 4.72 Å². The SMILES string of the molecule is CCC(CO)(CO)NS(=O)(=O)c1cc[nH]c1. The monoisotopic (exact) mass is 248 g/mol. The molecule has 0 bridgehead atoms. The molecule has 16 heavy (non-hydrogen) atoms. The molecule has 0 spiro atoms. The summed E-state index contributed by atoms with van der Waals surface area (Å²) in [5.74, 6) is 0. The number of nitrogens with one attached hydrogen (secondary N) is 2. The van der Waals surface area contributed by atoms with Crippen LogP contribution >= 0.6 is 0 Å². The van der Waals surface area contributed by atoms with E-state index < -0.39 is 28.8 Å². The average Bonchev–Trinajstić information content (AvgIpc) is 2.80. The topological polar surface area (TPSA) is 102 Å². The minimum atomic E-state index is -3.71. The van der Waals surface area contributed by atoms with Crippen molar-refractivity contribution in [1.82, 2.24) is 9.71 Å². The van der Waals surface area contributed by atoms with Crippen molar-refractivity contribution < 1.29 is 18.6 Å². The molecule has 0 fully saturated rings. The Morgan fingerprint density at radius 2 is 2.06 bits per heavy atom. The number of aliphatic hydroxyl groups is 2. The molecule has 92 valence electrons. The summed E-state index contributed by atoms with van der Waals surface area (Å²) in [6, 6.07) is 1.40. The highest BCUT2D eigenvalue weighted by atomic mass is 32.2. The van der Waals surface area contributed by atoms with E-state index in [9.17, 15) is 8.42 Å². The summed E-state index contributed by atoms with van der Waals surface area (Å²) in [6.07, 6.45) is 3.11. The fourth-order valence-corrected chi connectivity index (χ4v) is 2.66. The van der Waals surface area contributed by atoms with Crippen molar-refractivity contribution in [1.29, 1.82) is 0 Å². The number of rotatable bonds is 6. The van der Waals surface area contributed by atoms with Crippen molar-refractivity contribution >= 4 is 10.0 Å². The van der Waals surface area contributed by atoms with Crippen LogP contribution in [0.4, 0.5) is 0 Å². The van der Waals surface area contributed by atoms with Gasteiger partial charge in [-0.25, -0.2) is 13.1 Å². The van der Waals surface area contributed by atoms with Gasteiger partial charge < -0.3 is 15.2 Å². The summed E-state index contributed by atoms with van der Waals surface area (Å²) in [5, 5.41) is 18.3. The first-order valence-electron chi connectivity index (χ1n) is 4.88. The molecule has 0 saturated heterocycles. The summed E-state index contributed by atoms with van der Waals surface area (Å²) in [6.45, 7) is 0.777. The zero-order valence-corrected chi connectivity index (χ0v) is 9.79. The molecule has 1 aromatic heterocycles. The van der Waals surface area contributed by atoms with E-state index in [0.29, 0.717) is 6.42 Å². The molecule has 1 rings (SSSR count). The number of hydrogen-bond acceptors (Lipinski definition) is 4. The molecular formula is C9H16N2O4S. The molecule has 1 aromatic rings. The standard InChI is InChI=1S/C9H16N2O4S/c1-2-9(6-12,7-13)11-16(14,15)8-3-4-10-5-8/h3-5,10-13H,2,6-7H2,1H3. The van der Waals surface area contributed by atoms with Gasteiger partial charge in [0, 0.05) is 12.4 Å². The fraction of sp³-hybridized carbons (Fsp3) is 0.556. The maximum absolute atomic E-state index is 11.8. The molecule has 7 heteroatoms. The summed E-state index contributed by atoms with van der Waals surface area (Å²) in [5.41, 5.74) is -1.21. The number of sulfonamides is 1. The average molecular weight is 248 g/mol.